The number of amides is 2. The zero-order valence-electron chi connectivity index (χ0n) is 26.2. The number of esters is 1. The minimum atomic E-state index is -3.92. The predicted molar refractivity (Wildman–Crippen MR) is 168 cm³/mol. The quantitative estimate of drug-likeness (QED) is 0.230. The Morgan fingerprint density at radius 1 is 1.09 bits per heavy atom. The summed E-state index contributed by atoms with van der Waals surface area (Å²) < 4.78 is 40.2. The molecule has 1 N–H and O–H groups in total. The lowest BCUT2D eigenvalue weighted by atomic mass is 10.1. The van der Waals surface area contributed by atoms with Crippen molar-refractivity contribution in [2.45, 2.75) is 57.5 Å². The second-order valence-corrected chi connectivity index (χ2v) is 13.2. The van der Waals surface area contributed by atoms with Gasteiger partial charge >= 0.3 is 5.97 Å². The van der Waals surface area contributed by atoms with E-state index in [0.717, 1.165) is 27.4 Å². The van der Waals surface area contributed by atoms with Gasteiger partial charge in [0.25, 0.3) is 11.7 Å². The van der Waals surface area contributed by atoms with Crippen LogP contribution in [0, 0.1) is 13.8 Å². The zero-order valence-corrected chi connectivity index (χ0v) is 27.1. The number of Topliss-reactive ketones (excluding diaryl/α,β-unsaturated/α-hetero) is 1. The van der Waals surface area contributed by atoms with Crippen LogP contribution in [0.3, 0.4) is 0 Å². The Balaban J connectivity index is 1.24. The molecule has 1 saturated heterocycles. The number of methoxy groups -OCH3 is 1. The molecular weight excluding hydrogens is 614 g/mol. The molecule has 0 bridgehead atoms. The summed E-state index contributed by atoms with van der Waals surface area (Å²) in [4.78, 5) is 51.6. The standard InChI is InChI=1S/C32H37N5O8S/c1-5-45-30(39)16-26-20(2)34-36(21(26)3)17-22-8-10-23(11-9-22)33-29(38)18-35-28-13-12-25(15-27(28)31(40)32(35)41)46(42,43)37-14-6-7-24(37)19-44-4/h8-13,15,24H,5-7,14,16-19H2,1-4H3,(H,33,38)/t24-/m0/s1. The molecule has 0 radical (unpaired) electrons. The van der Waals surface area contributed by atoms with Gasteiger partial charge in [-0.05, 0) is 69.5 Å². The lowest BCUT2D eigenvalue weighted by Gasteiger charge is -2.24. The van der Waals surface area contributed by atoms with Crippen LogP contribution in [0.15, 0.2) is 47.4 Å². The van der Waals surface area contributed by atoms with E-state index < -0.39 is 34.2 Å². The number of aromatic nitrogens is 2. The van der Waals surface area contributed by atoms with Crippen molar-refractivity contribution < 1.29 is 37.1 Å². The number of carbonyl (C=O) groups is 4. The number of anilines is 2. The van der Waals surface area contributed by atoms with E-state index >= 15 is 0 Å². The highest BCUT2D eigenvalue weighted by Crippen LogP contribution is 2.33. The van der Waals surface area contributed by atoms with Crippen molar-refractivity contribution in [1.82, 2.24) is 14.1 Å². The first-order valence-electron chi connectivity index (χ1n) is 15.0. The summed E-state index contributed by atoms with van der Waals surface area (Å²) in [7, 11) is -2.41. The number of nitrogens with one attached hydrogen (secondary N) is 1. The van der Waals surface area contributed by atoms with Crippen molar-refractivity contribution in [3.05, 3.63) is 70.5 Å². The summed E-state index contributed by atoms with van der Waals surface area (Å²) in [5, 5.41) is 7.30. The Kier molecular flexibility index (Phi) is 9.70. The average Bonchev–Trinajstić information content (AvgIpc) is 3.67. The smallest absolute Gasteiger partial charge is 0.310 e. The molecule has 0 unspecified atom stereocenters. The number of benzene rings is 2. The molecule has 14 heteroatoms. The van der Waals surface area contributed by atoms with Crippen LogP contribution in [0.1, 0.15) is 52.6 Å². The molecular formula is C32H37N5O8S. The minimum absolute atomic E-state index is 0.0553. The van der Waals surface area contributed by atoms with Gasteiger partial charge in [-0.1, -0.05) is 12.1 Å². The van der Waals surface area contributed by atoms with E-state index in [1.54, 1.807) is 19.1 Å². The summed E-state index contributed by atoms with van der Waals surface area (Å²) >= 11 is 0. The van der Waals surface area contributed by atoms with Crippen molar-refractivity contribution in [2.75, 3.05) is 43.6 Å². The van der Waals surface area contributed by atoms with E-state index in [0.29, 0.717) is 38.2 Å². The van der Waals surface area contributed by atoms with Crippen LogP contribution in [0.25, 0.3) is 0 Å². The third kappa shape index (κ3) is 6.59. The number of hydrogen-bond acceptors (Lipinski definition) is 9. The zero-order chi connectivity index (χ0) is 33.2. The summed E-state index contributed by atoms with van der Waals surface area (Å²) in [6.45, 7) is 6.45. The van der Waals surface area contributed by atoms with Crippen molar-refractivity contribution in [2.24, 2.45) is 0 Å². The molecule has 2 aliphatic rings. The summed E-state index contributed by atoms with van der Waals surface area (Å²) in [5.41, 5.74) is 3.98. The Hall–Kier alpha value is -4.40. The van der Waals surface area contributed by atoms with Crippen LogP contribution in [0.5, 0.6) is 0 Å². The Morgan fingerprint density at radius 3 is 2.52 bits per heavy atom. The molecule has 2 aromatic carbocycles. The molecule has 3 heterocycles. The number of ketones is 1. The van der Waals surface area contributed by atoms with Gasteiger partial charge < -0.3 is 14.8 Å². The molecule has 5 rings (SSSR count). The minimum Gasteiger partial charge on any atom is -0.466 e. The highest BCUT2D eigenvalue weighted by Gasteiger charge is 2.40. The molecule has 46 heavy (non-hydrogen) atoms. The van der Waals surface area contributed by atoms with Crippen molar-refractivity contribution in [3.8, 4) is 0 Å². The maximum atomic E-state index is 13.4. The number of nitrogens with zero attached hydrogens (tertiary/aromatic N) is 4. The van der Waals surface area contributed by atoms with E-state index in [-0.39, 0.29) is 41.2 Å². The maximum absolute atomic E-state index is 13.4. The lowest BCUT2D eigenvalue weighted by molar-refractivity contribution is -0.142. The van der Waals surface area contributed by atoms with E-state index in [9.17, 15) is 27.6 Å². The molecule has 1 atom stereocenters. The summed E-state index contributed by atoms with van der Waals surface area (Å²) in [6.07, 6.45) is 1.52. The Labute approximate surface area is 267 Å². The Bertz CT molecular complexity index is 1780. The van der Waals surface area contributed by atoms with Gasteiger partial charge in [0, 0.05) is 36.6 Å². The van der Waals surface area contributed by atoms with Gasteiger partial charge in [-0.15, -0.1) is 0 Å². The summed E-state index contributed by atoms with van der Waals surface area (Å²) in [6, 6.07) is 10.8. The van der Waals surface area contributed by atoms with E-state index in [1.165, 1.54) is 29.6 Å². The second-order valence-electron chi connectivity index (χ2n) is 11.3. The molecule has 13 nitrogen and oxygen atoms in total. The van der Waals surface area contributed by atoms with Crippen LogP contribution >= 0.6 is 0 Å². The number of carbonyl (C=O) groups excluding carboxylic acids is 4. The number of ether oxygens (including phenoxy) is 2. The molecule has 0 spiro atoms. The number of sulfonamides is 1. The fraction of sp³-hybridized carbons (Fsp3) is 0.406. The van der Waals surface area contributed by atoms with Gasteiger partial charge in [-0.2, -0.15) is 9.40 Å². The van der Waals surface area contributed by atoms with Gasteiger partial charge in [-0.3, -0.25) is 28.8 Å². The molecule has 0 aliphatic carbocycles. The van der Waals surface area contributed by atoms with Crippen LogP contribution in [0.2, 0.25) is 0 Å². The topological polar surface area (TPSA) is 157 Å². The number of fused-ring (bicyclic) bond motifs is 1. The van der Waals surface area contributed by atoms with Gasteiger partial charge in [0.2, 0.25) is 15.9 Å². The number of hydrogen-bond donors (Lipinski definition) is 1. The largest absolute Gasteiger partial charge is 0.466 e. The van der Waals surface area contributed by atoms with E-state index in [1.807, 2.05) is 30.7 Å². The third-order valence-corrected chi connectivity index (χ3v) is 10.2. The molecule has 1 fully saturated rings. The van der Waals surface area contributed by atoms with Crippen molar-refractivity contribution >= 4 is 45.0 Å². The maximum Gasteiger partial charge on any atom is 0.310 e. The van der Waals surface area contributed by atoms with Crippen LogP contribution in [0.4, 0.5) is 11.4 Å². The molecule has 3 aromatic rings. The molecule has 2 amide bonds. The third-order valence-electron chi connectivity index (χ3n) is 8.26. The van der Waals surface area contributed by atoms with Gasteiger partial charge in [0.1, 0.15) is 6.54 Å². The molecule has 2 aliphatic heterocycles. The van der Waals surface area contributed by atoms with Gasteiger partial charge in [0.15, 0.2) is 0 Å². The lowest BCUT2D eigenvalue weighted by Crippen LogP contribution is -2.38. The van der Waals surface area contributed by atoms with E-state index in [4.69, 9.17) is 9.47 Å². The molecule has 244 valence electrons. The number of aryl methyl sites for hydroxylation is 1. The second kappa shape index (κ2) is 13.5. The highest BCUT2D eigenvalue weighted by molar-refractivity contribution is 7.89. The Morgan fingerprint density at radius 2 is 1.83 bits per heavy atom. The van der Waals surface area contributed by atoms with E-state index in [2.05, 4.69) is 10.4 Å². The van der Waals surface area contributed by atoms with Crippen molar-refractivity contribution in [3.63, 3.8) is 0 Å². The predicted octanol–water partition coefficient (Wildman–Crippen LogP) is 2.62. The first-order chi connectivity index (χ1) is 21.9. The molecule has 0 saturated carbocycles. The van der Waals surface area contributed by atoms with Crippen LogP contribution in [-0.2, 0) is 46.8 Å². The van der Waals surface area contributed by atoms with Crippen LogP contribution in [-0.4, -0.2) is 85.5 Å². The normalized spacial score (nSPS) is 16.6. The SMILES string of the molecule is CCOC(=O)Cc1c(C)nn(Cc2ccc(NC(=O)CN3C(=O)C(=O)c4cc(S(=O)(=O)N5CCC[C@H]5COC)ccc43)cc2)c1C. The van der Waals surface area contributed by atoms with Gasteiger partial charge in [-0.25, -0.2) is 8.42 Å². The first-order valence-corrected chi connectivity index (χ1v) is 16.5. The first kappa shape index (κ1) is 33.0. The monoisotopic (exact) mass is 651 g/mol. The van der Waals surface area contributed by atoms with Crippen molar-refractivity contribution in [1.29, 1.82) is 0 Å². The highest BCUT2D eigenvalue weighted by atomic mass is 32.2. The fourth-order valence-corrected chi connectivity index (χ4v) is 7.63. The fourth-order valence-electron chi connectivity index (χ4n) is 5.93. The molecule has 1 aromatic heterocycles. The number of rotatable bonds is 12. The van der Waals surface area contributed by atoms with Crippen LogP contribution < -0.4 is 10.2 Å². The van der Waals surface area contributed by atoms with Gasteiger partial charge in [0.05, 0.1) is 48.0 Å². The summed E-state index contributed by atoms with van der Waals surface area (Å²) in [5.74, 6) is -2.60. The average molecular weight is 652 g/mol.